The zero-order valence-electron chi connectivity index (χ0n) is 13.7. The van der Waals surface area contributed by atoms with Gasteiger partial charge in [0.05, 0.1) is 13.2 Å². The van der Waals surface area contributed by atoms with Crippen molar-refractivity contribution in [1.82, 2.24) is 5.32 Å². The summed E-state index contributed by atoms with van der Waals surface area (Å²) >= 11 is 0. The Labute approximate surface area is 141 Å². The summed E-state index contributed by atoms with van der Waals surface area (Å²) < 4.78 is 5.22. The van der Waals surface area contributed by atoms with Crippen molar-refractivity contribution in [3.63, 3.8) is 0 Å². The number of benzene rings is 3. The fourth-order valence-corrected chi connectivity index (χ4v) is 2.96. The van der Waals surface area contributed by atoms with Crippen molar-refractivity contribution in [1.29, 1.82) is 0 Å². The highest BCUT2D eigenvalue weighted by atomic mass is 16.5. The lowest BCUT2D eigenvalue weighted by Crippen LogP contribution is -2.27. The van der Waals surface area contributed by atoms with E-state index in [0.29, 0.717) is 5.69 Å². The number of carbonyl (C=O) groups is 1. The number of nitrogens with one attached hydrogen (secondary N) is 1. The molecule has 0 heterocycles. The quantitative estimate of drug-likeness (QED) is 0.721. The van der Waals surface area contributed by atoms with Crippen LogP contribution in [-0.4, -0.2) is 13.0 Å². The van der Waals surface area contributed by atoms with Gasteiger partial charge in [-0.3, -0.25) is 4.79 Å². The lowest BCUT2D eigenvalue weighted by atomic mass is 9.92. The van der Waals surface area contributed by atoms with Crippen LogP contribution in [-0.2, 0) is 4.79 Å². The Morgan fingerprint density at radius 3 is 2.42 bits per heavy atom. The minimum absolute atomic E-state index is 0.108. The second-order valence-electron chi connectivity index (χ2n) is 5.70. The number of nitrogen functional groups attached to an aromatic ring is 1. The SMILES string of the molecule is COc1ccc(C(NC(C)=O)c2c(N)ccc3ccccc23)cc1. The molecule has 0 fully saturated rings. The number of amides is 1. The maximum absolute atomic E-state index is 11.8. The summed E-state index contributed by atoms with van der Waals surface area (Å²) in [5.74, 6) is 0.661. The minimum Gasteiger partial charge on any atom is -0.497 e. The normalized spacial score (nSPS) is 11.9. The van der Waals surface area contributed by atoms with E-state index in [9.17, 15) is 4.79 Å². The van der Waals surface area contributed by atoms with Crippen LogP contribution in [0.1, 0.15) is 24.1 Å². The van der Waals surface area contributed by atoms with Gasteiger partial charge < -0.3 is 15.8 Å². The first kappa shape index (κ1) is 15.9. The standard InChI is InChI=1S/C20H20N2O2/c1-13(23)22-20(15-7-10-16(24-2)11-8-15)19-17-6-4-3-5-14(17)9-12-18(19)21/h3-12,20H,21H2,1-2H3,(H,22,23). The second kappa shape index (κ2) is 6.62. The Kier molecular flexibility index (Phi) is 4.38. The van der Waals surface area contributed by atoms with E-state index in [1.165, 1.54) is 6.92 Å². The van der Waals surface area contributed by atoms with Gasteiger partial charge in [0.2, 0.25) is 5.91 Å². The fraction of sp³-hybridized carbons (Fsp3) is 0.150. The fourth-order valence-electron chi connectivity index (χ4n) is 2.96. The highest BCUT2D eigenvalue weighted by Crippen LogP contribution is 2.34. The first-order valence-corrected chi connectivity index (χ1v) is 7.78. The minimum atomic E-state index is -0.320. The molecular formula is C20H20N2O2. The van der Waals surface area contributed by atoms with Gasteiger partial charge in [-0.15, -0.1) is 0 Å². The van der Waals surface area contributed by atoms with Crippen LogP contribution < -0.4 is 15.8 Å². The molecule has 3 aromatic rings. The lowest BCUT2D eigenvalue weighted by Gasteiger charge is -2.23. The predicted octanol–water partition coefficient (Wildman–Crippen LogP) is 3.66. The summed E-state index contributed by atoms with van der Waals surface area (Å²) in [7, 11) is 1.63. The molecule has 0 bridgehead atoms. The van der Waals surface area contributed by atoms with Gasteiger partial charge in [0.1, 0.15) is 5.75 Å². The van der Waals surface area contributed by atoms with Crippen molar-refractivity contribution in [3.05, 3.63) is 71.8 Å². The molecule has 3 N–H and O–H groups in total. The Balaban J connectivity index is 2.19. The molecular weight excluding hydrogens is 300 g/mol. The van der Waals surface area contributed by atoms with Crippen molar-refractivity contribution in [2.45, 2.75) is 13.0 Å². The number of rotatable bonds is 4. The smallest absolute Gasteiger partial charge is 0.217 e. The van der Waals surface area contributed by atoms with E-state index in [4.69, 9.17) is 10.5 Å². The molecule has 0 aliphatic rings. The van der Waals surface area contributed by atoms with Crippen molar-refractivity contribution < 1.29 is 9.53 Å². The van der Waals surface area contributed by atoms with Gasteiger partial charge in [-0.25, -0.2) is 0 Å². The van der Waals surface area contributed by atoms with Gasteiger partial charge in [-0.1, -0.05) is 42.5 Å². The molecule has 4 heteroatoms. The first-order valence-electron chi connectivity index (χ1n) is 7.78. The van der Waals surface area contributed by atoms with Gasteiger partial charge >= 0.3 is 0 Å². The third-order valence-electron chi connectivity index (χ3n) is 4.09. The predicted molar refractivity (Wildman–Crippen MR) is 97.0 cm³/mol. The molecule has 0 aliphatic heterocycles. The third-order valence-corrected chi connectivity index (χ3v) is 4.09. The summed E-state index contributed by atoms with van der Waals surface area (Å²) in [6, 6.07) is 19.2. The number of carbonyl (C=O) groups excluding carboxylic acids is 1. The number of fused-ring (bicyclic) bond motifs is 1. The van der Waals surface area contributed by atoms with Crippen LogP contribution in [0.4, 0.5) is 5.69 Å². The maximum atomic E-state index is 11.8. The van der Waals surface area contributed by atoms with E-state index in [1.54, 1.807) is 7.11 Å². The van der Waals surface area contributed by atoms with Gasteiger partial charge in [0.25, 0.3) is 0 Å². The Bertz CT molecular complexity index is 872. The van der Waals surface area contributed by atoms with Crippen LogP contribution in [0, 0.1) is 0 Å². The topological polar surface area (TPSA) is 64.3 Å². The van der Waals surface area contributed by atoms with E-state index in [2.05, 4.69) is 5.32 Å². The molecule has 0 aliphatic carbocycles. The molecule has 0 radical (unpaired) electrons. The van der Waals surface area contributed by atoms with Crippen LogP contribution in [0.5, 0.6) is 5.75 Å². The maximum Gasteiger partial charge on any atom is 0.217 e. The van der Waals surface area contributed by atoms with Gasteiger partial charge in [-0.2, -0.15) is 0 Å². The molecule has 1 unspecified atom stereocenters. The number of methoxy groups -OCH3 is 1. The van der Waals surface area contributed by atoms with Crippen molar-refractivity contribution >= 4 is 22.4 Å². The van der Waals surface area contributed by atoms with E-state index in [1.807, 2.05) is 60.7 Å². The molecule has 24 heavy (non-hydrogen) atoms. The average Bonchev–Trinajstić information content (AvgIpc) is 2.60. The molecule has 1 atom stereocenters. The number of nitrogens with two attached hydrogens (primary N) is 1. The molecule has 0 saturated carbocycles. The van der Waals surface area contributed by atoms with Gasteiger partial charge in [0, 0.05) is 18.2 Å². The molecule has 0 aromatic heterocycles. The molecule has 0 saturated heterocycles. The lowest BCUT2D eigenvalue weighted by molar-refractivity contribution is -0.119. The Hall–Kier alpha value is -3.01. The molecule has 4 nitrogen and oxygen atoms in total. The number of ether oxygens (including phenoxy) is 1. The second-order valence-corrected chi connectivity index (χ2v) is 5.70. The Morgan fingerprint density at radius 1 is 1.04 bits per heavy atom. The largest absolute Gasteiger partial charge is 0.497 e. The van der Waals surface area contributed by atoms with E-state index in [-0.39, 0.29) is 11.9 Å². The van der Waals surface area contributed by atoms with Gasteiger partial charge in [0.15, 0.2) is 0 Å². The zero-order valence-corrected chi connectivity index (χ0v) is 13.7. The van der Waals surface area contributed by atoms with E-state index in [0.717, 1.165) is 27.6 Å². The summed E-state index contributed by atoms with van der Waals surface area (Å²) in [5.41, 5.74) is 8.80. The van der Waals surface area contributed by atoms with Gasteiger partial charge in [-0.05, 0) is 34.5 Å². The molecule has 3 rings (SSSR count). The molecule has 3 aromatic carbocycles. The highest BCUT2D eigenvalue weighted by molar-refractivity contribution is 5.91. The van der Waals surface area contributed by atoms with Crippen molar-refractivity contribution in [2.24, 2.45) is 0 Å². The van der Waals surface area contributed by atoms with Crippen LogP contribution >= 0.6 is 0 Å². The summed E-state index contributed by atoms with van der Waals surface area (Å²) in [6.07, 6.45) is 0. The van der Waals surface area contributed by atoms with Crippen LogP contribution in [0.25, 0.3) is 10.8 Å². The van der Waals surface area contributed by atoms with E-state index < -0.39 is 0 Å². The third kappa shape index (κ3) is 3.04. The monoisotopic (exact) mass is 320 g/mol. The zero-order chi connectivity index (χ0) is 17.1. The average molecular weight is 320 g/mol. The van der Waals surface area contributed by atoms with E-state index >= 15 is 0 Å². The van der Waals surface area contributed by atoms with Crippen LogP contribution in [0.2, 0.25) is 0 Å². The molecule has 122 valence electrons. The first-order chi connectivity index (χ1) is 11.6. The summed E-state index contributed by atoms with van der Waals surface area (Å²) in [5, 5.41) is 5.15. The summed E-state index contributed by atoms with van der Waals surface area (Å²) in [4.78, 5) is 11.8. The van der Waals surface area contributed by atoms with Crippen LogP contribution in [0.3, 0.4) is 0 Å². The van der Waals surface area contributed by atoms with Crippen LogP contribution in [0.15, 0.2) is 60.7 Å². The van der Waals surface area contributed by atoms with Crippen molar-refractivity contribution in [2.75, 3.05) is 12.8 Å². The summed E-state index contributed by atoms with van der Waals surface area (Å²) in [6.45, 7) is 1.51. The number of anilines is 1. The highest BCUT2D eigenvalue weighted by Gasteiger charge is 2.20. The Morgan fingerprint density at radius 2 is 1.75 bits per heavy atom. The molecule has 1 amide bonds. The number of hydrogen-bond donors (Lipinski definition) is 2. The van der Waals surface area contributed by atoms with Crippen molar-refractivity contribution in [3.8, 4) is 5.75 Å². The molecule has 0 spiro atoms. The number of hydrogen-bond acceptors (Lipinski definition) is 3.